The molecule has 2 aromatic carbocycles. The number of aryl methyl sites for hydroxylation is 2. The molecular formula is C23H24O. The van der Waals surface area contributed by atoms with Crippen LogP contribution in [0.15, 0.2) is 59.7 Å². The Morgan fingerprint density at radius 2 is 1.29 bits per heavy atom. The Morgan fingerprint density at radius 1 is 0.833 bits per heavy atom. The molecule has 1 aliphatic carbocycles. The van der Waals surface area contributed by atoms with Crippen LogP contribution in [0, 0.1) is 19.8 Å². The number of benzene rings is 2. The SMILES string of the molecule is Cc1cccc(C=C2CC(C)C/C(=C/c3cccc(C)c3)C2=O)c1. The molecule has 1 heteroatoms. The Bertz CT molecular complexity index is 756. The summed E-state index contributed by atoms with van der Waals surface area (Å²) in [4.78, 5) is 12.9. The number of carbonyl (C=O) groups is 1. The first-order chi connectivity index (χ1) is 11.5. The van der Waals surface area contributed by atoms with Crippen molar-refractivity contribution < 1.29 is 4.79 Å². The van der Waals surface area contributed by atoms with E-state index in [9.17, 15) is 4.79 Å². The van der Waals surface area contributed by atoms with Crippen molar-refractivity contribution in [1.82, 2.24) is 0 Å². The number of carbonyl (C=O) groups excluding carboxylic acids is 1. The quantitative estimate of drug-likeness (QED) is 0.643. The zero-order chi connectivity index (χ0) is 17.1. The zero-order valence-corrected chi connectivity index (χ0v) is 14.7. The molecule has 0 amide bonds. The standard InChI is InChI=1S/C23H24O/c1-16-6-4-8-19(10-16)14-21-12-18(3)13-22(23(21)24)15-20-9-5-7-17(2)11-20/h4-11,14-15,18H,12-13H2,1-3H3/b21-14-,22-15?. The summed E-state index contributed by atoms with van der Waals surface area (Å²) in [6, 6.07) is 16.6. The van der Waals surface area contributed by atoms with Gasteiger partial charge >= 0.3 is 0 Å². The summed E-state index contributed by atoms with van der Waals surface area (Å²) in [5.41, 5.74) is 6.52. The van der Waals surface area contributed by atoms with Gasteiger partial charge in [-0.2, -0.15) is 0 Å². The topological polar surface area (TPSA) is 17.1 Å². The normalized spacial score (nSPS) is 21.5. The second-order valence-electron chi connectivity index (χ2n) is 7.01. The average Bonchev–Trinajstić information content (AvgIpc) is 2.52. The fraction of sp³-hybridized carbons (Fsp3) is 0.261. The van der Waals surface area contributed by atoms with E-state index in [1.165, 1.54) is 11.1 Å². The van der Waals surface area contributed by atoms with Crippen molar-refractivity contribution in [3.63, 3.8) is 0 Å². The summed E-state index contributed by atoms with van der Waals surface area (Å²) >= 11 is 0. The van der Waals surface area contributed by atoms with Gasteiger partial charge in [-0.1, -0.05) is 66.6 Å². The highest BCUT2D eigenvalue weighted by atomic mass is 16.1. The van der Waals surface area contributed by atoms with Crippen LogP contribution in [-0.4, -0.2) is 5.78 Å². The molecule has 0 radical (unpaired) electrons. The zero-order valence-electron chi connectivity index (χ0n) is 14.7. The molecule has 3 rings (SSSR count). The van der Waals surface area contributed by atoms with Crippen molar-refractivity contribution in [2.75, 3.05) is 0 Å². The molecule has 1 atom stereocenters. The third kappa shape index (κ3) is 3.91. The van der Waals surface area contributed by atoms with Crippen molar-refractivity contribution in [3.05, 3.63) is 81.9 Å². The number of hydrogen-bond acceptors (Lipinski definition) is 1. The van der Waals surface area contributed by atoms with Crippen LogP contribution in [0.2, 0.25) is 0 Å². The molecular weight excluding hydrogens is 292 g/mol. The van der Waals surface area contributed by atoms with Gasteiger partial charge in [0.15, 0.2) is 5.78 Å². The first kappa shape index (κ1) is 16.4. The molecule has 1 fully saturated rings. The number of hydrogen-bond donors (Lipinski definition) is 0. The lowest BCUT2D eigenvalue weighted by Crippen LogP contribution is -2.18. The van der Waals surface area contributed by atoms with E-state index >= 15 is 0 Å². The first-order valence-corrected chi connectivity index (χ1v) is 8.60. The maximum Gasteiger partial charge on any atom is 0.185 e. The summed E-state index contributed by atoms with van der Waals surface area (Å²) in [5.74, 6) is 0.700. The Balaban J connectivity index is 1.94. The fourth-order valence-corrected chi connectivity index (χ4v) is 3.39. The van der Waals surface area contributed by atoms with Gasteiger partial charge in [-0.3, -0.25) is 4.79 Å². The van der Waals surface area contributed by atoms with Crippen molar-refractivity contribution in [1.29, 1.82) is 0 Å². The van der Waals surface area contributed by atoms with Crippen molar-refractivity contribution in [2.24, 2.45) is 5.92 Å². The molecule has 122 valence electrons. The number of allylic oxidation sites excluding steroid dienone is 2. The van der Waals surface area contributed by atoms with Gasteiger partial charge < -0.3 is 0 Å². The molecule has 0 saturated heterocycles. The van der Waals surface area contributed by atoms with Crippen LogP contribution < -0.4 is 0 Å². The minimum Gasteiger partial charge on any atom is -0.289 e. The third-order valence-electron chi connectivity index (χ3n) is 4.49. The van der Waals surface area contributed by atoms with E-state index in [1.807, 2.05) is 12.1 Å². The van der Waals surface area contributed by atoms with E-state index in [0.29, 0.717) is 5.92 Å². The van der Waals surface area contributed by atoms with Crippen LogP contribution in [0.25, 0.3) is 12.2 Å². The van der Waals surface area contributed by atoms with Gasteiger partial charge in [0.05, 0.1) is 0 Å². The maximum atomic E-state index is 12.9. The molecule has 0 N–H and O–H groups in total. The lowest BCUT2D eigenvalue weighted by atomic mass is 9.80. The highest BCUT2D eigenvalue weighted by Gasteiger charge is 2.25. The predicted octanol–water partition coefficient (Wildman–Crippen LogP) is 5.77. The molecule has 24 heavy (non-hydrogen) atoms. The molecule has 1 aliphatic rings. The lowest BCUT2D eigenvalue weighted by Gasteiger charge is -2.22. The summed E-state index contributed by atoms with van der Waals surface area (Å²) in [5, 5.41) is 0. The van der Waals surface area contributed by atoms with E-state index in [1.54, 1.807) is 0 Å². The number of Topliss-reactive ketones (excluding diaryl/α,β-unsaturated/α-hetero) is 1. The van der Waals surface area contributed by atoms with E-state index in [-0.39, 0.29) is 5.78 Å². The average molecular weight is 316 g/mol. The molecule has 0 aromatic heterocycles. The lowest BCUT2D eigenvalue weighted by molar-refractivity contribution is -0.113. The van der Waals surface area contributed by atoms with Gasteiger partial charge in [-0.25, -0.2) is 0 Å². The first-order valence-electron chi connectivity index (χ1n) is 8.60. The summed E-state index contributed by atoms with van der Waals surface area (Å²) < 4.78 is 0. The second kappa shape index (κ2) is 7.00. The number of ketones is 1. The Kier molecular flexibility index (Phi) is 4.80. The van der Waals surface area contributed by atoms with Crippen LogP contribution >= 0.6 is 0 Å². The minimum atomic E-state index is 0.205. The fourth-order valence-electron chi connectivity index (χ4n) is 3.39. The van der Waals surface area contributed by atoms with Gasteiger partial charge in [0.1, 0.15) is 0 Å². The Labute approximate surface area is 144 Å². The Hall–Kier alpha value is -2.41. The van der Waals surface area contributed by atoms with Gasteiger partial charge in [0.2, 0.25) is 0 Å². The maximum absolute atomic E-state index is 12.9. The highest BCUT2D eigenvalue weighted by molar-refractivity contribution is 6.14. The molecule has 0 bridgehead atoms. The smallest absolute Gasteiger partial charge is 0.185 e. The van der Waals surface area contributed by atoms with Crippen LogP contribution in [-0.2, 0) is 4.79 Å². The van der Waals surface area contributed by atoms with Crippen LogP contribution in [0.5, 0.6) is 0 Å². The molecule has 0 heterocycles. The van der Waals surface area contributed by atoms with Crippen LogP contribution in [0.1, 0.15) is 42.0 Å². The number of rotatable bonds is 2. The highest BCUT2D eigenvalue weighted by Crippen LogP contribution is 2.32. The van der Waals surface area contributed by atoms with E-state index < -0.39 is 0 Å². The van der Waals surface area contributed by atoms with Gasteiger partial charge in [-0.15, -0.1) is 0 Å². The summed E-state index contributed by atoms with van der Waals surface area (Å²) in [7, 11) is 0. The minimum absolute atomic E-state index is 0.205. The molecule has 0 spiro atoms. The molecule has 0 aliphatic heterocycles. The summed E-state index contributed by atoms with van der Waals surface area (Å²) in [6.07, 6.45) is 5.85. The predicted molar refractivity (Wildman–Crippen MR) is 102 cm³/mol. The molecule has 1 saturated carbocycles. The molecule has 1 nitrogen and oxygen atoms in total. The van der Waals surface area contributed by atoms with E-state index in [0.717, 1.165) is 35.1 Å². The van der Waals surface area contributed by atoms with Crippen molar-refractivity contribution in [3.8, 4) is 0 Å². The Morgan fingerprint density at radius 3 is 1.71 bits per heavy atom. The second-order valence-corrected chi connectivity index (χ2v) is 7.01. The van der Waals surface area contributed by atoms with Crippen LogP contribution in [0.4, 0.5) is 0 Å². The monoisotopic (exact) mass is 316 g/mol. The van der Waals surface area contributed by atoms with Gasteiger partial charge in [-0.05, 0) is 55.9 Å². The van der Waals surface area contributed by atoms with E-state index in [4.69, 9.17) is 0 Å². The summed E-state index contributed by atoms with van der Waals surface area (Å²) in [6.45, 7) is 6.38. The van der Waals surface area contributed by atoms with Crippen molar-refractivity contribution in [2.45, 2.75) is 33.6 Å². The molecule has 2 aromatic rings. The van der Waals surface area contributed by atoms with Crippen LogP contribution in [0.3, 0.4) is 0 Å². The molecule has 1 unspecified atom stereocenters. The van der Waals surface area contributed by atoms with E-state index in [2.05, 4.69) is 69.3 Å². The largest absolute Gasteiger partial charge is 0.289 e. The van der Waals surface area contributed by atoms with Gasteiger partial charge in [0.25, 0.3) is 0 Å². The van der Waals surface area contributed by atoms with Gasteiger partial charge in [0, 0.05) is 11.1 Å². The third-order valence-corrected chi connectivity index (χ3v) is 4.49. The van der Waals surface area contributed by atoms with Crippen molar-refractivity contribution >= 4 is 17.9 Å².